The number of piperidine rings is 1. The number of sulfonamides is 1. The summed E-state index contributed by atoms with van der Waals surface area (Å²) in [5.41, 5.74) is 2.66. The minimum Gasteiger partial charge on any atom is -0.332 e. The number of hydrogen-bond acceptors (Lipinski definition) is 4. The number of amides is 1. The molecule has 0 spiro atoms. The molecule has 1 aliphatic heterocycles. The zero-order valence-electron chi connectivity index (χ0n) is 16.8. The average molecular weight is 444 g/mol. The average Bonchev–Trinajstić information content (AvgIpc) is 2.74. The topological polar surface area (TPSA) is 78.5 Å². The lowest BCUT2D eigenvalue weighted by molar-refractivity contribution is -0.115. The Labute approximate surface area is 183 Å². The number of carbonyl (C=O) groups is 1. The van der Waals surface area contributed by atoms with E-state index < -0.39 is 10.0 Å². The molecule has 1 heterocycles. The molecule has 2 aromatic carbocycles. The minimum atomic E-state index is -3.47. The Kier molecular flexibility index (Phi) is 7.36. The fourth-order valence-corrected chi connectivity index (χ4v) is 4.87. The van der Waals surface area contributed by atoms with Crippen LogP contribution in [0.25, 0.3) is 6.08 Å². The van der Waals surface area contributed by atoms with Crippen LogP contribution in [0, 0.1) is 6.92 Å². The number of anilines is 1. The molecule has 0 radical (unpaired) electrons. The normalized spacial score (nSPS) is 15.1. The SMILES string of the molecule is Cc1ccc(C=CC(=O)NC(=S)Nc2ccc(S(=O)(=O)N3CCCCC3)cc2)cc1. The van der Waals surface area contributed by atoms with E-state index >= 15 is 0 Å². The fourth-order valence-electron chi connectivity index (χ4n) is 3.13. The lowest BCUT2D eigenvalue weighted by Gasteiger charge is -2.25. The highest BCUT2D eigenvalue weighted by molar-refractivity contribution is 7.89. The van der Waals surface area contributed by atoms with Crippen LogP contribution >= 0.6 is 12.2 Å². The van der Waals surface area contributed by atoms with Crippen LogP contribution in [-0.4, -0.2) is 36.8 Å². The van der Waals surface area contributed by atoms with Gasteiger partial charge in [0.2, 0.25) is 15.9 Å². The quantitative estimate of drug-likeness (QED) is 0.544. The number of aryl methyl sites for hydroxylation is 1. The Balaban J connectivity index is 1.55. The molecule has 1 saturated heterocycles. The number of rotatable bonds is 5. The van der Waals surface area contributed by atoms with Crippen molar-refractivity contribution in [2.75, 3.05) is 18.4 Å². The smallest absolute Gasteiger partial charge is 0.250 e. The van der Waals surface area contributed by atoms with Crippen LogP contribution in [0.3, 0.4) is 0 Å². The first-order valence-corrected chi connectivity index (χ1v) is 11.7. The third-order valence-corrected chi connectivity index (χ3v) is 6.92. The molecule has 0 bridgehead atoms. The van der Waals surface area contributed by atoms with E-state index in [2.05, 4.69) is 10.6 Å². The van der Waals surface area contributed by atoms with E-state index in [0.717, 1.165) is 30.4 Å². The van der Waals surface area contributed by atoms with Crippen molar-refractivity contribution in [3.8, 4) is 0 Å². The Morgan fingerprint density at radius 1 is 1.00 bits per heavy atom. The summed E-state index contributed by atoms with van der Waals surface area (Å²) in [5, 5.41) is 5.61. The summed E-state index contributed by atoms with van der Waals surface area (Å²) in [4.78, 5) is 12.3. The molecule has 0 aromatic heterocycles. The molecule has 6 nitrogen and oxygen atoms in total. The Morgan fingerprint density at radius 2 is 1.63 bits per heavy atom. The first-order valence-electron chi connectivity index (χ1n) is 9.81. The summed E-state index contributed by atoms with van der Waals surface area (Å²) in [5.74, 6) is -0.350. The van der Waals surface area contributed by atoms with Gasteiger partial charge in [-0.25, -0.2) is 8.42 Å². The Hall–Kier alpha value is -2.55. The van der Waals surface area contributed by atoms with E-state index in [0.29, 0.717) is 18.8 Å². The lowest BCUT2D eigenvalue weighted by atomic mass is 10.1. The molecule has 2 aromatic rings. The highest BCUT2D eigenvalue weighted by atomic mass is 32.2. The van der Waals surface area contributed by atoms with E-state index in [1.807, 2.05) is 31.2 Å². The van der Waals surface area contributed by atoms with Crippen LogP contribution in [0.15, 0.2) is 59.5 Å². The molecule has 1 amide bonds. The molecule has 2 N–H and O–H groups in total. The maximum atomic E-state index is 12.7. The molecule has 1 aliphatic rings. The minimum absolute atomic E-state index is 0.139. The molecular weight excluding hydrogens is 418 g/mol. The van der Waals surface area contributed by atoms with Gasteiger partial charge in [-0.05, 0) is 67.9 Å². The molecule has 1 fully saturated rings. The number of carbonyl (C=O) groups excluding carboxylic acids is 1. The fraction of sp³-hybridized carbons (Fsp3) is 0.273. The van der Waals surface area contributed by atoms with Crippen molar-refractivity contribution >= 4 is 45.0 Å². The van der Waals surface area contributed by atoms with Crippen molar-refractivity contribution in [1.29, 1.82) is 0 Å². The third kappa shape index (κ3) is 5.98. The second-order valence-corrected chi connectivity index (χ2v) is 9.52. The molecule has 0 atom stereocenters. The first-order chi connectivity index (χ1) is 14.3. The number of hydrogen-bond donors (Lipinski definition) is 2. The maximum absolute atomic E-state index is 12.7. The van der Waals surface area contributed by atoms with E-state index in [-0.39, 0.29) is 15.9 Å². The monoisotopic (exact) mass is 443 g/mol. The van der Waals surface area contributed by atoms with Crippen molar-refractivity contribution in [3.63, 3.8) is 0 Å². The molecular formula is C22H25N3O3S2. The van der Waals surface area contributed by atoms with Gasteiger partial charge in [-0.3, -0.25) is 10.1 Å². The summed E-state index contributed by atoms with van der Waals surface area (Å²) in [7, 11) is -3.47. The van der Waals surface area contributed by atoms with Gasteiger partial charge in [-0.1, -0.05) is 36.2 Å². The predicted octanol–water partition coefficient (Wildman–Crippen LogP) is 3.70. The summed E-state index contributed by atoms with van der Waals surface area (Å²) in [6.45, 7) is 3.13. The van der Waals surface area contributed by atoms with Crippen molar-refractivity contribution in [1.82, 2.24) is 9.62 Å². The molecule has 0 aliphatic carbocycles. The largest absolute Gasteiger partial charge is 0.332 e. The Morgan fingerprint density at radius 3 is 2.27 bits per heavy atom. The Bertz CT molecular complexity index is 1020. The van der Waals surface area contributed by atoms with Crippen LogP contribution in [0.4, 0.5) is 5.69 Å². The number of nitrogens with one attached hydrogen (secondary N) is 2. The third-order valence-electron chi connectivity index (χ3n) is 4.81. The number of benzene rings is 2. The van der Waals surface area contributed by atoms with Crippen LogP contribution in [0.2, 0.25) is 0 Å². The highest BCUT2D eigenvalue weighted by Crippen LogP contribution is 2.22. The number of nitrogens with zero attached hydrogens (tertiary/aromatic N) is 1. The van der Waals surface area contributed by atoms with Crippen LogP contribution in [0.5, 0.6) is 0 Å². The van der Waals surface area contributed by atoms with Gasteiger partial charge in [0.05, 0.1) is 4.90 Å². The summed E-state index contributed by atoms with van der Waals surface area (Å²) in [6, 6.07) is 14.2. The molecule has 8 heteroatoms. The first kappa shape index (κ1) is 22.1. The standard InChI is InChI=1S/C22H25N3O3S2/c1-17-5-7-18(8-6-17)9-14-21(26)24-22(29)23-19-10-12-20(13-11-19)30(27,28)25-15-3-2-4-16-25/h5-14H,2-4,15-16H2,1H3,(H2,23,24,26,29). The lowest BCUT2D eigenvalue weighted by Crippen LogP contribution is -2.35. The zero-order chi connectivity index (χ0) is 21.6. The molecule has 3 rings (SSSR count). The molecule has 0 saturated carbocycles. The van der Waals surface area contributed by atoms with Gasteiger partial charge in [-0.2, -0.15) is 4.31 Å². The van der Waals surface area contributed by atoms with Crippen LogP contribution < -0.4 is 10.6 Å². The maximum Gasteiger partial charge on any atom is 0.250 e. The molecule has 158 valence electrons. The van der Waals surface area contributed by atoms with Gasteiger partial charge >= 0.3 is 0 Å². The van der Waals surface area contributed by atoms with Crippen molar-refractivity contribution in [2.45, 2.75) is 31.1 Å². The van der Waals surface area contributed by atoms with Gasteiger partial charge in [-0.15, -0.1) is 0 Å². The number of thiocarbonyl (C=S) groups is 1. The predicted molar refractivity (Wildman–Crippen MR) is 124 cm³/mol. The molecule has 30 heavy (non-hydrogen) atoms. The summed E-state index contributed by atoms with van der Waals surface area (Å²) in [6.07, 6.45) is 5.97. The van der Waals surface area contributed by atoms with Crippen molar-refractivity contribution in [2.24, 2.45) is 0 Å². The van der Waals surface area contributed by atoms with Gasteiger partial charge in [0.15, 0.2) is 5.11 Å². The van der Waals surface area contributed by atoms with E-state index in [1.165, 1.54) is 10.4 Å². The molecule has 0 unspecified atom stereocenters. The van der Waals surface area contributed by atoms with Gasteiger partial charge in [0.1, 0.15) is 0 Å². The zero-order valence-corrected chi connectivity index (χ0v) is 18.4. The van der Waals surface area contributed by atoms with E-state index in [1.54, 1.807) is 30.3 Å². The summed E-state index contributed by atoms with van der Waals surface area (Å²) < 4.78 is 26.9. The highest BCUT2D eigenvalue weighted by Gasteiger charge is 2.25. The second-order valence-electron chi connectivity index (χ2n) is 7.18. The van der Waals surface area contributed by atoms with Gasteiger partial charge in [0, 0.05) is 24.9 Å². The van der Waals surface area contributed by atoms with Crippen LogP contribution in [-0.2, 0) is 14.8 Å². The van der Waals surface area contributed by atoms with Crippen molar-refractivity contribution in [3.05, 3.63) is 65.7 Å². The van der Waals surface area contributed by atoms with Gasteiger partial charge in [0.25, 0.3) is 0 Å². The summed E-state index contributed by atoms with van der Waals surface area (Å²) >= 11 is 5.17. The van der Waals surface area contributed by atoms with Crippen molar-refractivity contribution < 1.29 is 13.2 Å². The second kappa shape index (κ2) is 9.97. The van der Waals surface area contributed by atoms with Crippen LogP contribution in [0.1, 0.15) is 30.4 Å². The van der Waals surface area contributed by atoms with E-state index in [4.69, 9.17) is 12.2 Å². The van der Waals surface area contributed by atoms with E-state index in [9.17, 15) is 13.2 Å². The van der Waals surface area contributed by atoms with Gasteiger partial charge < -0.3 is 5.32 Å².